The lowest BCUT2D eigenvalue weighted by Gasteiger charge is -2.30. The van der Waals surface area contributed by atoms with Crippen molar-refractivity contribution in [2.24, 2.45) is 5.73 Å². The Balaban J connectivity index is 0.00000144. The minimum Gasteiger partial charge on any atom is -0.368 e. The largest absolute Gasteiger partial charge is 0.368 e. The predicted molar refractivity (Wildman–Crippen MR) is 71.6 cm³/mol. The Morgan fingerprint density at radius 2 is 2.00 bits per heavy atom. The van der Waals surface area contributed by atoms with Gasteiger partial charge < -0.3 is 16.0 Å². The van der Waals surface area contributed by atoms with E-state index in [1.807, 2.05) is 0 Å². The van der Waals surface area contributed by atoms with Gasteiger partial charge in [0.05, 0.1) is 10.7 Å². The van der Waals surface area contributed by atoms with Crippen molar-refractivity contribution < 1.29 is 4.39 Å². The van der Waals surface area contributed by atoms with Crippen LogP contribution in [0.5, 0.6) is 0 Å². The summed E-state index contributed by atoms with van der Waals surface area (Å²) >= 11 is 6.17. The molecule has 96 valence electrons. The number of halogens is 3. The summed E-state index contributed by atoms with van der Waals surface area (Å²) in [4.78, 5) is 2.15. The SMILES string of the molecule is Cl.NCc1c(F)ccc(N2CCNCC2)c1Cl. The average molecular weight is 280 g/mol. The maximum absolute atomic E-state index is 13.4. The highest BCUT2D eigenvalue weighted by Crippen LogP contribution is 2.31. The molecular weight excluding hydrogens is 264 g/mol. The Bertz CT molecular complexity index is 381. The third kappa shape index (κ3) is 3.01. The third-order valence-corrected chi connectivity index (χ3v) is 3.25. The van der Waals surface area contributed by atoms with Crippen LogP contribution in [0.4, 0.5) is 10.1 Å². The van der Waals surface area contributed by atoms with E-state index < -0.39 is 0 Å². The van der Waals surface area contributed by atoms with Crippen LogP contribution in [-0.4, -0.2) is 26.2 Å². The maximum Gasteiger partial charge on any atom is 0.129 e. The number of anilines is 1. The standard InChI is InChI=1S/C11H15ClFN3.ClH/c12-11-8(7-14)9(13)1-2-10(11)16-5-3-15-4-6-16;/h1-2,15H,3-7,14H2;1H. The minimum atomic E-state index is -0.327. The van der Waals surface area contributed by atoms with Crippen LogP contribution in [0.2, 0.25) is 5.02 Å². The molecule has 1 fully saturated rings. The van der Waals surface area contributed by atoms with Gasteiger partial charge in [-0.15, -0.1) is 12.4 Å². The van der Waals surface area contributed by atoms with E-state index in [1.165, 1.54) is 6.07 Å². The number of nitrogens with two attached hydrogens (primary N) is 1. The fourth-order valence-electron chi connectivity index (χ4n) is 1.92. The van der Waals surface area contributed by atoms with Gasteiger partial charge in [0.25, 0.3) is 0 Å². The lowest BCUT2D eigenvalue weighted by Crippen LogP contribution is -2.43. The summed E-state index contributed by atoms with van der Waals surface area (Å²) in [6, 6.07) is 3.16. The molecule has 1 aliphatic heterocycles. The summed E-state index contributed by atoms with van der Waals surface area (Å²) in [6.07, 6.45) is 0. The molecule has 0 atom stereocenters. The van der Waals surface area contributed by atoms with Crippen LogP contribution in [-0.2, 0) is 6.54 Å². The maximum atomic E-state index is 13.4. The molecule has 0 bridgehead atoms. The highest BCUT2D eigenvalue weighted by molar-refractivity contribution is 6.34. The molecule has 0 amide bonds. The summed E-state index contributed by atoms with van der Waals surface area (Å²) in [6.45, 7) is 3.74. The van der Waals surface area contributed by atoms with Crippen LogP contribution in [0.15, 0.2) is 12.1 Å². The Hall–Kier alpha value is -0.550. The number of hydrogen-bond donors (Lipinski definition) is 2. The summed E-state index contributed by atoms with van der Waals surface area (Å²) in [5, 5.41) is 3.71. The minimum absolute atomic E-state index is 0. The van der Waals surface area contributed by atoms with Crippen molar-refractivity contribution in [1.29, 1.82) is 0 Å². The summed E-state index contributed by atoms with van der Waals surface area (Å²) in [5.74, 6) is -0.327. The topological polar surface area (TPSA) is 41.3 Å². The number of piperazine rings is 1. The van der Waals surface area contributed by atoms with Crippen molar-refractivity contribution in [3.63, 3.8) is 0 Å². The van der Waals surface area contributed by atoms with E-state index in [9.17, 15) is 4.39 Å². The van der Waals surface area contributed by atoms with Gasteiger partial charge in [-0.3, -0.25) is 0 Å². The lowest BCUT2D eigenvalue weighted by atomic mass is 10.1. The zero-order valence-electron chi connectivity index (χ0n) is 9.38. The van der Waals surface area contributed by atoms with Crippen molar-refractivity contribution in [1.82, 2.24) is 5.32 Å². The van der Waals surface area contributed by atoms with E-state index in [4.69, 9.17) is 17.3 Å². The molecule has 0 unspecified atom stereocenters. The van der Waals surface area contributed by atoms with Gasteiger partial charge in [0.2, 0.25) is 0 Å². The lowest BCUT2D eigenvalue weighted by molar-refractivity contribution is 0.585. The van der Waals surface area contributed by atoms with E-state index in [2.05, 4.69) is 10.2 Å². The fraction of sp³-hybridized carbons (Fsp3) is 0.455. The zero-order valence-corrected chi connectivity index (χ0v) is 11.0. The molecular formula is C11H16Cl2FN3. The normalized spacial score (nSPS) is 15.6. The molecule has 3 N–H and O–H groups in total. The third-order valence-electron chi connectivity index (χ3n) is 2.83. The summed E-state index contributed by atoms with van der Waals surface area (Å²) in [5.41, 5.74) is 6.77. The number of rotatable bonds is 2. The van der Waals surface area contributed by atoms with E-state index in [0.717, 1.165) is 31.9 Å². The molecule has 1 aromatic carbocycles. The van der Waals surface area contributed by atoms with Gasteiger partial charge in [-0.25, -0.2) is 4.39 Å². The Kier molecular flexibility index (Phi) is 5.46. The second kappa shape index (κ2) is 6.40. The van der Waals surface area contributed by atoms with Crippen molar-refractivity contribution >= 4 is 29.7 Å². The Labute approximate surface area is 112 Å². The van der Waals surface area contributed by atoms with Crippen molar-refractivity contribution in [2.75, 3.05) is 31.1 Å². The summed E-state index contributed by atoms with van der Waals surface area (Å²) < 4.78 is 13.4. The number of nitrogens with one attached hydrogen (secondary N) is 1. The molecule has 2 rings (SSSR count). The van der Waals surface area contributed by atoms with Crippen LogP contribution in [0.25, 0.3) is 0 Å². The average Bonchev–Trinajstić information content (AvgIpc) is 2.31. The van der Waals surface area contributed by atoms with E-state index in [0.29, 0.717) is 10.6 Å². The molecule has 0 saturated carbocycles. The van der Waals surface area contributed by atoms with Crippen LogP contribution >= 0.6 is 24.0 Å². The molecule has 17 heavy (non-hydrogen) atoms. The van der Waals surface area contributed by atoms with E-state index >= 15 is 0 Å². The van der Waals surface area contributed by atoms with E-state index in [-0.39, 0.29) is 24.8 Å². The van der Waals surface area contributed by atoms with Crippen LogP contribution < -0.4 is 16.0 Å². The molecule has 3 nitrogen and oxygen atoms in total. The van der Waals surface area contributed by atoms with Gasteiger partial charge >= 0.3 is 0 Å². The van der Waals surface area contributed by atoms with Gasteiger partial charge in [0.1, 0.15) is 5.82 Å². The van der Waals surface area contributed by atoms with Crippen molar-refractivity contribution in [3.05, 3.63) is 28.5 Å². The molecule has 0 aliphatic carbocycles. The predicted octanol–water partition coefficient (Wildman–Crippen LogP) is 1.77. The second-order valence-corrected chi connectivity index (χ2v) is 4.18. The van der Waals surface area contributed by atoms with Gasteiger partial charge in [-0.1, -0.05) is 11.6 Å². The smallest absolute Gasteiger partial charge is 0.129 e. The monoisotopic (exact) mass is 279 g/mol. The molecule has 0 radical (unpaired) electrons. The first-order chi connectivity index (χ1) is 7.74. The van der Waals surface area contributed by atoms with Gasteiger partial charge in [0.15, 0.2) is 0 Å². The van der Waals surface area contributed by atoms with Gasteiger partial charge in [0, 0.05) is 38.3 Å². The van der Waals surface area contributed by atoms with Crippen molar-refractivity contribution in [3.8, 4) is 0 Å². The highest BCUT2D eigenvalue weighted by Gasteiger charge is 2.17. The van der Waals surface area contributed by atoms with Crippen LogP contribution in [0.3, 0.4) is 0 Å². The van der Waals surface area contributed by atoms with Gasteiger partial charge in [-0.2, -0.15) is 0 Å². The Morgan fingerprint density at radius 1 is 1.35 bits per heavy atom. The second-order valence-electron chi connectivity index (χ2n) is 3.80. The molecule has 0 spiro atoms. The summed E-state index contributed by atoms with van der Waals surface area (Å²) in [7, 11) is 0. The molecule has 0 aromatic heterocycles. The van der Waals surface area contributed by atoms with Crippen LogP contribution in [0, 0.1) is 5.82 Å². The molecule has 1 aliphatic rings. The highest BCUT2D eigenvalue weighted by atomic mass is 35.5. The number of benzene rings is 1. The van der Waals surface area contributed by atoms with Crippen LogP contribution in [0.1, 0.15) is 5.56 Å². The Morgan fingerprint density at radius 3 is 2.59 bits per heavy atom. The van der Waals surface area contributed by atoms with Gasteiger partial charge in [-0.05, 0) is 12.1 Å². The quantitative estimate of drug-likeness (QED) is 0.867. The number of hydrogen-bond acceptors (Lipinski definition) is 3. The molecule has 1 saturated heterocycles. The van der Waals surface area contributed by atoms with E-state index in [1.54, 1.807) is 6.07 Å². The first kappa shape index (κ1) is 14.5. The zero-order chi connectivity index (χ0) is 11.5. The van der Waals surface area contributed by atoms with Crippen molar-refractivity contribution in [2.45, 2.75) is 6.54 Å². The first-order valence-electron chi connectivity index (χ1n) is 5.36. The molecule has 1 heterocycles. The first-order valence-corrected chi connectivity index (χ1v) is 5.74. The molecule has 6 heteroatoms. The molecule has 1 aromatic rings. The number of nitrogens with zero attached hydrogens (tertiary/aromatic N) is 1. The fourth-order valence-corrected chi connectivity index (χ4v) is 2.27.